The molecule has 0 aromatic heterocycles. The van der Waals surface area contributed by atoms with Gasteiger partial charge >= 0.3 is 0 Å². The lowest BCUT2D eigenvalue weighted by atomic mass is 9.90. The van der Waals surface area contributed by atoms with Gasteiger partial charge in [0.2, 0.25) is 0 Å². The first-order valence-corrected chi connectivity index (χ1v) is 4.72. The van der Waals surface area contributed by atoms with Crippen LogP contribution in [0.2, 0.25) is 0 Å². The van der Waals surface area contributed by atoms with Gasteiger partial charge in [0.1, 0.15) is 5.78 Å². The van der Waals surface area contributed by atoms with Crippen molar-refractivity contribution in [1.82, 2.24) is 0 Å². The molecular formula is C12H16O. The Morgan fingerprint density at radius 2 is 2.00 bits per heavy atom. The number of ketones is 1. The van der Waals surface area contributed by atoms with Gasteiger partial charge in [-0.3, -0.25) is 4.79 Å². The van der Waals surface area contributed by atoms with E-state index in [9.17, 15) is 4.79 Å². The first-order valence-electron chi connectivity index (χ1n) is 4.72. The number of Topliss-reactive ketones (excluding diaryl/α,β-unsaturated/α-hetero) is 1. The number of hydrogen-bond donors (Lipinski definition) is 0. The smallest absolute Gasteiger partial charge is 0.137 e. The molecule has 1 aromatic rings. The van der Waals surface area contributed by atoms with E-state index in [-0.39, 0.29) is 11.7 Å². The third kappa shape index (κ3) is 2.18. The molecule has 0 bridgehead atoms. The molecule has 0 heterocycles. The van der Waals surface area contributed by atoms with E-state index in [1.54, 1.807) is 6.92 Å². The van der Waals surface area contributed by atoms with Crippen molar-refractivity contribution in [2.75, 3.05) is 0 Å². The average molecular weight is 176 g/mol. The highest BCUT2D eigenvalue weighted by atomic mass is 16.1. The van der Waals surface area contributed by atoms with Gasteiger partial charge in [-0.2, -0.15) is 0 Å². The maximum Gasteiger partial charge on any atom is 0.137 e. The van der Waals surface area contributed by atoms with E-state index >= 15 is 0 Å². The Labute approximate surface area is 79.8 Å². The van der Waals surface area contributed by atoms with Crippen LogP contribution >= 0.6 is 0 Å². The van der Waals surface area contributed by atoms with Crippen molar-refractivity contribution in [2.24, 2.45) is 0 Å². The van der Waals surface area contributed by atoms with Crippen LogP contribution in [0.5, 0.6) is 0 Å². The van der Waals surface area contributed by atoms with Gasteiger partial charge in [0.25, 0.3) is 0 Å². The van der Waals surface area contributed by atoms with Gasteiger partial charge in [0.05, 0.1) is 0 Å². The van der Waals surface area contributed by atoms with Crippen LogP contribution in [-0.2, 0) is 4.79 Å². The van der Waals surface area contributed by atoms with Crippen molar-refractivity contribution >= 4 is 5.78 Å². The molecule has 1 heteroatoms. The Balaban J connectivity index is 3.04. The van der Waals surface area contributed by atoms with Crippen LogP contribution in [0.25, 0.3) is 0 Å². The molecule has 0 spiro atoms. The molecule has 0 radical (unpaired) electrons. The van der Waals surface area contributed by atoms with E-state index in [0.29, 0.717) is 0 Å². The lowest BCUT2D eigenvalue weighted by molar-refractivity contribution is -0.118. The van der Waals surface area contributed by atoms with E-state index in [4.69, 9.17) is 0 Å². The van der Waals surface area contributed by atoms with Crippen molar-refractivity contribution in [3.8, 4) is 0 Å². The zero-order valence-corrected chi connectivity index (χ0v) is 8.50. The SMILES string of the molecule is CCC(C(C)=O)c1ccccc1C. The molecule has 1 nitrogen and oxygen atoms in total. The van der Waals surface area contributed by atoms with E-state index in [1.807, 2.05) is 18.2 Å². The zero-order chi connectivity index (χ0) is 9.84. The van der Waals surface area contributed by atoms with Crippen molar-refractivity contribution in [3.63, 3.8) is 0 Å². The minimum absolute atomic E-state index is 0.0844. The minimum Gasteiger partial charge on any atom is -0.299 e. The Bertz CT molecular complexity index is 302. The maximum atomic E-state index is 11.3. The van der Waals surface area contributed by atoms with Crippen molar-refractivity contribution in [3.05, 3.63) is 35.4 Å². The van der Waals surface area contributed by atoms with Crippen LogP contribution in [0.1, 0.15) is 37.3 Å². The van der Waals surface area contributed by atoms with Gasteiger partial charge in [0, 0.05) is 5.92 Å². The summed E-state index contributed by atoms with van der Waals surface area (Å²) in [6.45, 7) is 5.78. The van der Waals surface area contributed by atoms with Crippen molar-refractivity contribution < 1.29 is 4.79 Å². The molecule has 1 atom stereocenters. The second kappa shape index (κ2) is 4.22. The van der Waals surface area contributed by atoms with Crippen molar-refractivity contribution in [2.45, 2.75) is 33.1 Å². The first-order chi connectivity index (χ1) is 6.16. The molecule has 1 unspecified atom stereocenters. The Kier molecular flexibility index (Phi) is 3.24. The van der Waals surface area contributed by atoms with Gasteiger partial charge in [-0.15, -0.1) is 0 Å². The summed E-state index contributed by atoms with van der Waals surface area (Å²) in [5, 5.41) is 0. The summed E-state index contributed by atoms with van der Waals surface area (Å²) in [5.74, 6) is 0.345. The van der Waals surface area contributed by atoms with Gasteiger partial charge in [-0.1, -0.05) is 31.2 Å². The van der Waals surface area contributed by atoms with E-state index in [2.05, 4.69) is 19.9 Å². The van der Waals surface area contributed by atoms with E-state index < -0.39 is 0 Å². The third-order valence-corrected chi connectivity index (χ3v) is 2.46. The largest absolute Gasteiger partial charge is 0.299 e. The highest BCUT2D eigenvalue weighted by Crippen LogP contribution is 2.23. The minimum atomic E-state index is 0.0844. The predicted octanol–water partition coefficient (Wildman–Crippen LogP) is 3.08. The quantitative estimate of drug-likeness (QED) is 0.691. The number of aryl methyl sites for hydroxylation is 1. The molecule has 1 rings (SSSR count). The average Bonchev–Trinajstić information content (AvgIpc) is 2.09. The van der Waals surface area contributed by atoms with Gasteiger partial charge < -0.3 is 0 Å². The second-order valence-corrected chi connectivity index (χ2v) is 3.43. The standard InChI is InChI=1S/C12H16O/c1-4-11(10(3)13)12-8-6-5-7-9(12)2/h5-8,11H,4H2,1-3H3. The molecule has 0 amide bonds. The Morgan fingerprint density at radius 1 is 1.38 bits per heavy atom. The highest BCUT2D eigenvalue weighted by Gasteiger charge is 2.15. The van der Waals surface area contributed by atoms with Crippen LogP contribution < -0.4 is 0 Å². The topological polar surface area (TPSA) is 17.1 Å². The van der Waals surface area contributed by atoms with Gasteiger partial charge in [-0.25, -0.2) is 0 Å². The molecule has 0 saturated carbocycles. The molecule has 13 heavy (non-hydrogen) atoms. The first kappa shape index (κ1) is 9.97. The van der Waals surface area contributed by atoms with Crippen LogP contribution in [0.4, 0.5) is 0 Å². The molecule has 0 aliphatic rings. The number of rotatable bonds is 3. The third-order valence-electron chi connectivity index (χ3n) is 2.46. The molecule has 0 aliphatic carbocycles. The maximum absolute atomic E-state index is 11.3. The summed E-state index contributed by atoms with van der Waals surface area (Å²) < 4.78 is 0. The summed E-state index contributed by atoms with van der Waals surface area (Å²) in [6, 6.07) is 8.10. The fourth-order valence-electron chi connectivity index (χ4n) is 1.70. The molecule has 0 saturated heterocycles. The summed E-state index contributed by atoms with van der Waals surface area (Å²) in [4.78, 5) is 11.3. The summed E-state index contributed by atoms with van der Waals surface area (Å²) in [5.41, 5.74) is 2.39. The van der Waals surface area contributed by atoms with Crippen LogP contribution in [-0.4, -0.2) is 5.78 Å². The molecule has 1 aromatic carbocycles. The normalized spacial score (nSPS) is 12.5. The number of benzene rings is 1. The van der Waals surface area contributed by atoms with Crippen LogP contribution in [0.15, 0.2) is 24.3 Å². The van der Waals surface area contributed by atoms with Crippen molar-refractivity contribution in [1.29, 1.82) is 0 Å². The van der Waals surface area contributed by atoms with E-state index in [1.165, 1.54) is 11.1 Å². The monoisotopic (exact) mass is 176 g/mol. The molecule has 0 aliphatic heterocycles. The lowest BCUT2D eigenvalue weighted by Gasteiger charge is -2.13. The number of carbonyl (C=O) groups is 1. The summed E-state index contributed by atoms with van der Waals surface area (Å²) >= 11 is 0. The lowest BCUT2D eigenvalue weighted by Crippen LogP contribution is -2.08. The van der Waals surface area contributed by atoms with Gasteiger partial charge in [-0.05, 0) is 31.4 Å². The highest BCUT2D eigenvalue weighted by molar-refractivity contribution is 5.83. The zero-order valence-electron chi connectivity index (χ0n) is 8.50. The number of carbonyl (C=O) groups excluding carboxylic acids is 1. The number of hydrogen-bond acceptors (Lipinski definition) is 1. The molecule has 0 N–H and O–H groups in total. The molecule has 70 valence electrons. The van der Waals surface area contributed by atoms with Gasteiger partial charge in [0.15, 0.2) is 0 Å². The fraction of sp³-hybridized carbons (Fsp3) is 0.417. The second-order valence-electron chi connectivity index (χ2n) is 3.43. The Morgan fingerprint density at radius 3 is 2.46 bits per heavy atom. The van der Waals surface area contributed by atoms with Crippen LogP contribution in [0.3, 0.4) is 0 Å². The summed E-state index contributed by atoms with van der Waals surface area (Å²) in [7, 11) is 0. The van der Waals surface area contributed by atoms with Crippen LogP contribution in [0, 0.1) is 6.92 Å². The van der Waals surface area contributed by atoms with E-state index in [0.717, 1.165) is 6.42 Å². The summed E-state index contributed by atoms with van der Waals surface area (Å²) in [6.07, 6.45) is 0.889. The Hall–Kier alpha value is -1.11. The molecular weight excluding hydrogens is 160 g/mol. The fourth-order valence-corrected chi connectivity index (χ4v) is 1.70. The predicted molar refractivity (Wildman–Crippen MR) is 54.9 cm³/mol. The molecule has 0 fully saturated rings.